The third-order valence-corrected chi connectivity index (χ3v) is 3.76. The van der Waals surface area contributed by atoms with Gasteiger partial charge in [-0.05, 0) is 25.7 Å². The average molecular weight is 237 g/mol. The van der Waals surface area contributed by atoms with E-state index in [4.69, 9.17) is 4.52 Å². The maximum Gasteiger partial charge on any atom is 0.223 e. The van der Waals surface area contributed by atoms with E-state index >= 15 is 0 Å². The minimum absolute atomic E-state index is 0.548. The monoisotopic (exact) mass is 237 g/mol. The highest BCUT2D eigenvalue weighted by molar-refractivity contribution is 4.85. The van der Waals surface area contributed by atoms with Crippen molar-refractivity contribution in [3.63, 3.8) is 0 Å². The summed E-state index contributed by atoms with van der Waals surface area (Å²) in [6.07, 6.45) is 8.31. The number of nitrogens with one attached hydrogen (secondary N) is 1. The van der Waals surface area contributed by atoms with Crippen LogP contribution in [-0.4, -0.2) is 16.2 Å². The number of nitrogens with zero attached hydrogens (tertiary/aromatic N) is 2. The highest BCUT2D eigenvalue weighted by Crippen LogP contribution is 2.25. The SMILES string of the molecule is Cc1nc(CN[C@H](C)C2CCCCCC2)no1. The Morgan fingerprint density at radius 3 is 2.59 bits per heavy atom. The van der Waals surface area contributed by atoms with Crippen molar-refractivity contribution in [3.8, 4) is 0 Å². The van der Waals surface area contributed by atoms with Gasteiger partial charge in [0.2, 0.25) is 5.89 Å². The van der Waals surface area contributed by atoms with Crippen LogP contribution < -0.4 is 5.32 Å². The Hall–Kier alpha value is -0.900. The lowest BCUT2D eigenvalue weighted by Crippen LogP contribution is -2.33. The number of aryl methyl sites for hydroxylation is 1. The number of hydrogen-bond acceptors (Lipinski definition) is 4. The predicted octanol–water partition coefficient (Wildman–Crippen LogP) is 2.83. The van der Waals surface area contributed by atoms with E-state index in [9.17, 15) is 0 Å². The molecule has 1 aliphatic carbocycles. The van der Waals surface area contributed by atoms with Crippen LogP contribution in [0.4, 0.5) is 0 Å². The third kappa shape index (κ3) is 3.80. The smallest absolute Gasteiger partial charge is 0.223 e. The molecule has 1 atom stereocenters. The molecular weight excluding hydrogens is 214 g/mol. The molecule has 0 aliphatic heterocycles. The molecule has 1 aromatic heterocycles. The van der Waals surface area contributed by atoms with E-state index in [2.05, 4.69) is 22.4 Å². The van der Waals surface area contributed by atoms with Crippen molar-refractivity contribution >= 4 is 0 Å². The van der Waals surface area contributed by atoms with Gasteiger partial charge in [0.05, 0.1) is 6.54 Å². The molecular formula is C13H23N3O. The molecule has 0 bridgehead atoms. The lowest BCUT2D eigenvalue weighted by molar-refractivity contribution is 0.330. The highest BCUT2D eigenvalue weighted by Gasteiger charge is 2.18. The third-order valence-electron chi connectivity index (χ3n) is 3.76. The Labute approximate surface area is 103 Å². The fourth-order valence-corrected chi connectivity index (χ4v) is 2.64. The molecule has 17 heavy (non-hydrogen) atoms. The Bertz CT molecular complexity index is 329. The first-order valence-electron chi connectivity index (χ1n) is 6.78. The van der Waals surface area contributed by atoms with Crippen LogP contribution >= 0.6 is 0 Å². The maximum absolute atomic E-state index is 4.96. The van der Waals surface area contributed by atoms with Gasteiger partial charge in [0.1, 0.15) is 0 Å². The molecule has 4 nitrogen and oxygen atoms in total. The highest BCUT2D eigenvalue weighted by atomic mass is 16.5. The van der Waals surface area contributed by atoms with E-state index in [0.717, 1.165) is 18.3 Å². The zero-order chi connectivity index (χ0) is 12.1. The van der Waals surface area contributed by atoms with Gasteiger partial charge in [0.25, 0.3) is 0 Å². The van der Waals surface area contributed by atoms with Crippen molar-refractivity contribution in [1.82, 2.24) is 15.5 Å². The molecule has 0 unspecified atom stereocenters. The summed E-state index contributed by atoms with van der Waals surface area (Å²) in [6.45, 7) is 4.82. The first-order chi connectivity index (χ1) is 8.25. The number of rotatable bonds is 4. The molecule has 1 fully saturated rings. The molecule has 4 heteroatoms. The lowest BCUT2D eigenvalue weighted by Gasteiger charge is -2.22. The van der Waals surface area contributed by atoms with Gasteiger partial charge in [-0.1, -0.05) is 30.8 Å². The van der Waals surface area contributed by atoms with E-state index in [1.54, 1.807) is 0 Å². The Balaban J connectivity index is 1.77. The topological polar surface area (TPSA) is 51.0 Å². The standard InChI is InChI=1S/C13H23N3O/c1-10(12-7-5-3-4-6-8-12)14-9-13-15-11(2)17-16-13/h10,12,14H,3-9H2,1-2H3/t10-/m1/s1. The summed E-state index contributed by atoms with van der Waals surface area (Å²) in [5, 5.41) is 7.43. The van der Waals surface area contributed by atoms with Crippen LogP contribution in [0.2, 0.25) is 0 Å². The van der Waals surface area contributed by atoms with Crippen LogP contribution in [0.3, 0.4) is 0 Å². The molecule has 96 valence electrons. The van der Waals surface area contributed by atoms with Gasteiger partial charge in [-0.15, -0.1) is 0 Å². The van der Waals surface area contributed by atoms with Crippen LogP contribution in [0.5, 0.6) is 0 Å². The predicted molar refractivity (Wildman–Crippen MR) is 66.5 cm³/mol. The van der Waals surface area contributed by atoms with Gasteiger partial charge in [-0.2, -0.15) is 4.98 Å². The van der Waals surface area contributed by atoms with E-state index in [1.165, 1.54) is 38.5 Å². The molecule has 2 rings (SSSR count). The molecule has 1 N–H and O–H groups in total. The lowest BCUT2D eigenvalue weighted by atomic mass is 9.93. The largest absolute Gasteiger partial charge is 0.340 e. The zero-order valence-electron chi connectivity index (χ0n) is 10.9. The van der Waals surface area contributed by atoms with Gasteiger partial charge in [0.15, 0.2) is 5.82 Å². The quantitative estimate of drug-likeness (QED) is 0.818. The maximum atomic E-state index is 4.96. The second kappa shape index (κ2) is 6.15. The molecule has 0 aromatic carbocycles. The first-order valence-corrected chi connectivity index (χ1v) is 6.78. The Morgan fingerprint density at radius 2 is 2.00 bits per heavy atom. The van der Waals surface area contributed by atoms with Gasteiger partial charge >= 0.3 is 0 Å². The van der Waals surface area contributed by atoms with Gasteiger partial charge in [0, 0.05) is 13.0 Å². The fourth-order valence-electron chi connectivity index (χ4n) is 2.64. The summed E-state index contributed by atoms with van der Waals surface area (Å²) in [5.41, 5.74) is 0. The number of hydrogen-bond donors (Lipinski definition) is 1. The Morgan fingerprint density at radius 1 is 1.29 bits per heavy atom. The van der Waals surface area contributed by atoms with E-state index in [-0.39, 0.29) is 0 Å². The van der Waals surface area contributed by atoms with E-state index in [0.29, 0.717) is 11.9 Å². The molecule has 0 amide bonds. The fraction of sp³-hybridized carbons (Fsp3) is 0.846. The summed E-state index contributed by atoms with van der Waals surface area (Å²) in [6, 6.07) is 0.548. The van der Waals surface area contributed by atoms with Crippen molar-refractivity contribution in [2.24, 2.45) is 5.92 Å². The molecule has 1 heterocycles. The van der Waals surface area contributed by atoms with Crippen LogP contribution in [-0.2, 0) is 6.54 Å². The molecule has 0 spiro atoms. The van der Waals surface area contributed by atoms with Crippen molar-refractivity contribution in [2.45, 2.75) is 65.0 Å². The first kappa shape index (κ1) is 12.6. The van der Waals surface area contributed by atoms with Crippen molar-refractivity contribution in [1.29, 1.82) is 0 Å². The van der Waals surface area contributed by atoms with Gasteiger partial charge in [-0.3, -0.25) is 0 Å². The van der Waals surface area contributed by atoms with Crippen molar-refractivity contribution < 1.29 is 4.52 Å². The van der Waals surface area contributed by atoms with Crippen LogP contribution in [0, 0.1) is 12.8 Å². The zero-order valence-corrected chi connectivity index (χ0v) is 10.9. The summed E-state index contributed by atoms with van der Waals surface area (Å²) >= 11 is 0. The Kier molecular flexibility index (Phi) is 4.54. The summed E-state index contributed by atoms with van der Waals surface area (Å²) < 4.78 is 4.96. The molecule has 0 saturated heterocycles. The normalized spacial score (nSPS) is 20.1. The molecule has 1 saturated carbocycles. The van der Waals surface area contributed by atoms with E-state index in [1.807, 2.05) is 6.92 Å². The van der Waals surface area contributed by atoms with Gasteiger partial charge in [-0.25, -0.2) is 0 Å². The summed E-state index contributed by atoms with van der Waals surface area (Å²) in [4.78, 5) is 4.21. The van der Waals surface area contributed by atoms with Crippen molar-refractivity contribution in [3.05, 3.63) is 11.7 Å². The second-order valence-corrected chi connectivity index (χ2v) is 5.15. The molecule has 0 radical (unpaired) electrons. The van der Waals surface area contributed by atoms with Crippen molar-refractivity contribution in [2.75, 3.05) is 0 Å². The summed E-state index contributed by atoms with van der Waals surface area (Å²) in [5.74, 6) is 2.22. The van der Waals surface area contributed by atoms with Gasteiger partial charge < -0.3 is 9.84 Å². The van der Waals surface area contributed by atoms with Crippen LogP contribution in [0.25, 0.3) is 0 Å². The average Bonchev–Trinajstić information content (AvgIpc) is 2.58. The molecule has 1 aromatic rings. The number of aromatic nitrogens is 2. The minimum atomic E-state index is 0.548. The van der Waals surface area contributed by atoms with Crippen LogP contribution in [0.1, 0.15) is 57.2 Å². The second-order valence-electron chi connectivity index (χ2n) is 5.15. The summed E-state index contributed by atoms with van der Waals surface area (Å²) in [7, 11) is 0. The van der Waals surface area contributed by atoms with E-state index < -0.39 is 0 Å². The molecule has 1 aliphatic rings. The van der Waals surface area contributed by atoms with Crippen LogP contribution in [0.15, 0.2) is 4.52 Å². The minimum Gasteiger partial charge on any atom is -0.340 e.